The summed E-state index contributed by atoms with van der Waals surface area (Å²) in [5.41, 5.74) is 1.47. The summed E-state index contributed by atoms with van der Waals surface area (Å²) in [6.07, 6.45) is -1.08. The number of ether oxygens (including phenoxy) is 1. The highest BCUT2D eigenvalue weighted by Gasteiger charge is 2.60. The monoisotopic (exact) mass is 468 g/mol. The minimum atomic E-state index is -1.08. The van der Waals surface area contributed by atoms with Gasteiger partial charge in [-0.2, -0.15) is 0 Å². The van der Waals surface area contributed by atoms with Crippen LogP contribution in [0.2, 0.25) is 5.02 Å². The molecule has 1 N–H and O–H groups in total. The first kappa shape index (κ1) is 21.2. The molecule has 3 aromatic rings. The molecule has 168 valence electrons. The Balaban J connectivity index is 1.60. The predicted molar refractivity (Wildman–Crippen MR) is 119 cm³/mol. The van der Waals surface area contributed by atoms with Crippen molar-refractivity contribution in [2.45, 2.75) is 12.1 Å². The van der Waals surface area contributed by atoms with E-state index in [1.165, 1.54) is 42.5 Å². The van der Waals surface area contributed by atoms with Crippen molar-refractivity contribution in [3.8, 4) is 11.5 Å². The summed E-state index contributed by atoms with van der Waals surface area (Å²) in [6.45, 7) is 0. The zero-order valence-electron chi connectivity index (χ0n) is 17.3. The van der Waals surface area contributed by atoms with E-state index in [0.717, 1.165) is 4.90 Å². The lowest BCUT2D eigenvalue weighted by molar-refractivity contribution is -0.126. The molecule has 2 fully saturated rings. The second-order valence-electron chi connectivity index (χ2n) is 7.72. The van der Waals surface area contributed by atoms with E-state index in [0.29, 0.717) is 16.3 Å². The van der Waals surface area contributed by atoms with Gasteiger partial charge in [-0.25, -0.2) is 14.4 Å². The average Bonchev–Trinajstić information content (AvgIpc) is 3.32. The van der Waals surface area contributed by atoms with E-state index in [-0.39, 0.29) is 17.2 Å². The number of anilines is 2. The average molecular weight is 469 g/mol. The third kappa shape index (κ3) is 3.48. The smallest absolute Gasteiger partial charge is 0.266 e. The number of benzene rings is 3. The van der Waals surface area contributed by atoms with Crippen LogP contribution in [0.25, 0.3) is 0 Å². The van der Waals surface area contributed by atoms with Crippen LogP contribution in [0, 0.1) is 11.7 Å². The minimum Gasteiger partial charge on any atom is -0.504 e. The lowest BCUT2D eigenvalue weighted by Gasteiger charge is -2.29. The van der Waals surface area contributed by atoms with Gasteiger partial charge in [-0.05, 0) is 66.2 Å². The third-order valence-electron chi connectivity index (χ3n) is 5.83. The van der Waals surface area contributed by atoms with Gasteiger partial charge in [0.1, 0.15) is 11.7 Å². The van der Waals surface area contributed by atoms with Crippen molar-refractivity contribution in [2.24, 2.45) is 5.92 Å². The van der Waals surface area contributed by atoms with Crippen LogP contribution in [0.15, 0.2) is 66.7 Å². The molecule has 3 atom stereocenters. The zero-order chi connectivity index (χ0) is 23.3. The number of hydroxylamine groups is 1. The Bertz CT molecular complexity index is 1230. The topological polar surface area (TPSA) is 79.3 Å². The van der Waals surface area contributed by atoms with E-state index < -0.39 is 35.7 Å². The molecule has 7 nitrogen and oxygen atoms in total. The van der Waals surface area contributed by atoms with Gasteiger partial charge in [-0.1, -0.05) is 17.7 Å². The fraction of sp³-hybridized carbons (Fsp3) is 0.167. The number of aromatic hydroxyl groups is 1. The Morgan fingerprint density at radius 1 is 0.970 bits per heavy atom. The molecule has 0 unspecified atom stereocenters. The van der Waals surface area contributed by atoms with Gasteiger partial charge in [-0.3, -0.25) is 14.4 Å². The molecule has 0 aromatic heterocycles. The van der Waals surface area contributed by atoms with Crippen LogP contribution in [-0.4, -0.2) is 30.1 Å². The highest BCUT2D eigenvalue weighted by atomic mass is 35.5. The number of amides is 2. The molecule has 2 heterocycles. The lowest BCUT2D eigenvalue weighted by atomic mass is 9.90. The van der Waals surface area contributed by atoms with Crippen molar-refractivity contribution < 1.29 is 28.7 Å². The third-order valence-corrected chi connectivity index (χ3v) is 6.08. The van der Waals surface area contributed by atoms with Crippen molar-refractivity contribution in [3.63, 3.8) is 0 Å². The number of methoxy groups -OCH3 is 1. The van der Waals surface area contributed by atoms with Gasteiger partial charge in [0.2, 0.25) is 5.91 Å². The zero-order valence-corrected chi connectivity index (χ0v) is 18.1. The molecule has 0 saturated carbocycles. The number of fused-ring (bicyclic) bond motifs is 1. The van der Waals surface area contributed by atoms with Crippen molar-refractivity contribution >= 4 is 34.8 Å². The molecule has 5 rings (SSSR count). The summed E-state index contributed by atoms with van der Waals surface area (Å²) >= 11 is 6.02. The molecular weight excluding hydrogens is 451 g/mol. The Hall–Kier alpha value is -3.62. The molecule has 0 radical (unpaired) electrons. The summed E-state index contributed by atoms with van der Waals surface area (Å²) in [5.74, 6) is -2.20. The van der Waals surface area contributed by atoms with Crippen LogP contribution in [0.4, 0.5) is 15.8 Å². The van der Waals surface area contributed by atoms with Gasteiger partial charge in [0.05, 0.1) is 24.5 Å². The van der Waals surface area contributed by atoms with Crippen LogP contribution >= 0.6 is 11.6 Å². The van der Waals surface area contributed by atoms with E-state index in [1.807, 2.05) is 0 Å². The van der Waals surface area contributed by atoms with Gasteiger partial charge in [0, 0.05) is 5.02 Å². The first-order valence-corrected chi connectivity index (χ1v) is 10.5. The summed E-state index contributed by atoms with van der Waals surface area (Å²) in [5, 5.41) is 12.1. The fourth-order valence-corrected chi connectivity index (χ4v) is 4.41. The van der Waals surface area contributed by atoms with Crippen LogP contribution in [0.5, 0.6) is 11.5 Å². The summed E-state index contributed by atoms with van der Waals surface area (Å²) in [6, 6.07) is 15.9. The van der Waals surface area contributed by atoms with Crippen LogP contribution in [0.1, 0.15) is 11.6 Å². The molecule has 3 aromatic carbocycles. The highest BCUT2D eigenvalue weighted by Crippen LogP contribution is 2.48. The van der Waals surface area contributed by atoms with E-state index in [9.17, 15) is 19.1 Å². The molecule has 0 spiro atoms. The van der Waals surface area contributed by atoms with E-state index >= 15 is 0 Å². The standard InChI is InChI=1S/C24H18ClFN2O5/c1-32-19-12-13(2-11-18(19)29)21-20-22(33-28(21)17-7-3-14(25)4-8-17)24(31)27(23(20)30)16-9-5-15(26)6-10-16/h2-12,20-22,29H,1H3/t20-,21-,22-/m0/s1. The Labute approximate surface area is 193 Å². The van der Waals surface area contributed by atoms with Gasteiger partial charge in [0.25, 0.3) is 5.91 Å². The quantitative estimate of drug-likeness (QED) is 0.577. The maximum atomic E-state index is 13.5. The molecule has 2 aliphatic heterocycles. The molecule has 2 amide bonds. The number of carbonyl (C=O) groups excluding carboxylic acids is 2. The van der Waals surface area contributed by atoms with Crippen LogP contribution in [0.3, 0.4) is 0 Å². The SMILES string of the molecule is COc1cc([C@H]2[C@@H]3C(=O)N(c4ccc(F)cc4)C(=O)[C@H]3ON2c2ccc(Cl)cc2)ccc1O. The Kier molecular flexibility index (Phi) is 5.19. The number of phenolic OH excluding ortho intramolecular Hbond substituents is 1. The molecule has 9 heteroatoms. The normalized spacial score (nSPS) is 22.1. The second-order valence-corrected chi connectivity index (χ2v) is 8.15. The van der Waals surface area contributed by atoms with E-state index in [4.69, 9.17) is 21.2 Å². The van der Waals surface area contributed by atoms with Crippen molar-refractivity contribution in [1.29, 1.82) is 0 Å². The number of nitrogens with zero attached hydrogens (tertiary/aromatic N) is 2. The van der Waals surface area contributed by atoms with Gasteiger partial charge in [-0.15, -0.1) is 0 Å². The molecule has 2 saturated heterocycles. The van der Waals surface area contributed by atoms with Crippen molar-refractivity contribution in [1.82, 2.24) is 0 Å². The number of carbonyl (C=O) groups is 2. The number of phenols is 1. The Morgan fingerprint density at radius 2 is 1.64 bits per heavy atom. The van der Waals surface area contributed by atoms with Crippen LogP contribution in [-0.2, 0) is 14.4 Å². The maximum Gasteiger partial charge on any atom is 0.266 e. The highest BCUT2D eigenvalue weighted by molar-refractivity contribution is 6.30. The Morgan fingerprint density at radius 3 is 2.30 bits per heavy atom. The second kappa shape index (κ2) is 8.06. The molecule has 2 aliphatic rings. The summed E-state index contributed by atoms with van der Waals surface area (Å²) in [4.78, 5) is 33.8. The van der Waals surface area contributed by atoms with E-state index in [1.54, 1.807) is 36.4 Å². The van der Waals surface area contributed by atoms with Gasteiger partial charge in [0.15, 0.2) is 17.6 Å². The predicted octanol–water partition coefficient (Wildman–Crippen LogP) is 4.24. The first-order valence-electron chi connectivity index (χ1n) is 10.1. The lowest BCUT2D eigenvalue weighted by Crippen LogP contribution is -2.37. The number of imide groups is 1. The van der Waals surface area contributed by atoms with Crippen molar-refractivity contribution in [3.05, 3.63) is 83.1 Å². The minimum absolute atomic E-state index is 0.0588. The molecule has 0 bridgehead atoms. The largest absolute Gasteiger partial charge is 0.504 e. The van der Waals surface area contributed by atoms with Gasteiger partial charge < -0.3 is 9.84 Å². The fourth-order valence-electron chi connectivity index (χ4n) is 4.29. The van der Waals surface area contributed by atoms with Gasteiger partial charge >= 0.3 is 0 Å². The molecular formula is C24H18ClFN2O5. The summed E-state index contributed by atoms with van der Waals surface area (Å²) in [7, 11) is 1.42. The number of hydrogen-bond acceptors (Lipinski definition) is 6. The molecule has 0 aliphatic carbocycles. The maximum absolute atomic E-state index is 13.5. The number of hydrogen-bond donors (Lipinski definition) is 1. The van der Waals surface area contributed by atoms with Crippen molar-refractivity contribution in [2.75, 3.05) is 17.1 Å². The van der Waals surface area contributed by atoms with Crippen LogP contribution < -0.4 is 14.7 Å². The van der Waals surface area contributed by atoms with E-state index in [2.05, 4.69) is 0 Å². The number of halogens is 2. The summed E-state index contributed by atoms with van der Waals surface area (Å²) < 4.78 is 18.6. The molecule has 33 heavy (non-hydrogen) atoms. The number of rotatable bonds is 4. The first-order chi connectivity index (χ1) is 15.9.